The summed E-state index contributed by atoms with van der Waals surface area (Å²) in [6.45, 7) is 2.43. The van der Waals surface area contributed by atoms with E-state index in [1.165, 1.54) is 12.1 Å². The molecule has 0 fully saturated rings. The van der Waals surface area contributed by atoms with Gasteiger partial charge in [-0.2, -0.15) is 0 Å². The lowest BCUT2D eigenvalue weighted by Gasteiger charge is -2.07. The van der Waals surface area contributed by atoms with Crippen LogP contribution in [0.15, 0.2) is 29.2 Å². The molecule has 6 nitrogen and oxygen atoms in total. The van der Waals surface area contributed by atoms with Gasteiger partial charge in [-0.1, -0.05) is 0 Å². The molecule has 0 aliphatic rings. The van der Waals surface area contributed by atoms with Gasteiger partial charge in [0.25, 0.3) is 0 Å². The van der Waals surface area contributed by atoms with Crippen LogP contribution in [0.3, 0.4) is 0 Å². The Morgan fingerprint density at radius 3 is 2.37 bits per heavy atom. The van der Waals surface area contributed by atoms with Gasteiger partial charge in [-0.3, -0.25) is 4.79 Å². The molecule has 0 aliphatic heterocycles. The highest BCUT2D eigenvalue weighted by atomic mass is 32.2. The fourth-order valence-corrected chi connectivity index (χ4v) is 2.50. The van der Waals surface area contributed by atoms with Crippen molar-refractivity contribution in [1.29, 1.82) is 0 Å². The van der Waals surface area contributed by atoms with Crippen molar-refractivity contribution in [3.05, 3.63) is 24.3 Å². The predicted octanol–water partition coefficient (Wildman–Crippen LogP) is 0.533. The Kier molecular flexibility index (Phi) is 5.78. The molecule has 106 valence electrons. The van der Waals surface area contributed by atoms with E-state index in [0.717, 1.165) is 5.69 Å². The van der Waals surface area contributed by atoms with E-state index in [2.05, 4.69) is 15.4 Å². The van der Waals surface area contributed by atoms with Crippen LogP contribution in [0.4, 0.5) is 5.69 Å². The molecule has 1 aromatic rings. The molecule has 19 heavy (non-hydrogen) atoms. The molecule has 0 unspecified atom stereocenters. The third-order valence-electron chi connectivity index (χ3n) is 2.47. The molecular weight excluding hydrogens is 266 g/mol. The van der Waals surface area contributed by atoms with E-state index in [4.69, 9.17) is 0 Å². The summed E-state index contributed by atoms with van der Waals surface area (Å²) in [5.74, 6) is -0.171. The van der Waals surface area contributed by atoms with Gasteiger partial charge < -0.3 is 10.6 Å². The van der Waals surface area contributed by atoms with Crippen LogP contribution in [-0.2, 0) is 14.8 Å². The van der Waals surface area contributed by atoms with Crippen molar-refractivity contribution in [1.82, 2.24) is 10.0 Å². The van der Waals surface area contributed by atoms with Crippen molar-refractivity contribution in [2.75, 3.05) is 25.5 Å². The maximum Gasteiger partial charge on any atom is 0.240 e. The minimum Gasteiger partial charge on any atom is -0.388 e. The Morgan fingerprint density at radius 1 is 1.21 bits per heavy atom. The highest BCUT2D eigenvalue weighted by Crippen LogP contribution is 2.13. The minimum absolute atomic E-state index is 0.0853. The van der Waals surface area contributed by atoms with Gasteiger partial charge in [0, 0.05) is 32.2 Å². The maximum absolute atomic E-state index is 11.9. The maximum atomic E-state index is 11.9. The molecule has 1 amide bonds. The van der Waals surface area contributed by atoms with E-state index in [1.54, 1.807) is 19.2 Å². The highest BCUT2D eigenvalue weighted by Gasteiger charge is 2.13. The fraction of sp³-hybridized carbons (Fsp3) is 0.417. The van der Waals surface area contributed by atoms with Crippen molar-refractivity contribution in [2.45, 2.75) is 18.2 Å². The molecule has 0 radical (unpaired) electrons. The standard InChI is InChI=1S/C12H19N3O3S/c1-3-14-12(16)8-9-15-19(17,18)11-6-4-10(13-2)5-7-11/h4-7,13,15H,3,8-9H2,1-2H3,(H,14,16). The summed E-state index contributed by atoms with van der Waals surface area (Å²) >= 11 is 0. The number of nitrogens with one attached hydrogen (secondary N) is 3. The largest absolute Gasteiger partial charge is 0.388 e. The molecular formula is C12H19N3O3S. The number of hydrogen-bond acceptors (Lipinski definition) is 4. The second-order valence-electron chi connectivity index (χ2n) is 3.88. The van der Waals surface area contributed by atoms with Gasteiger partial charge in [0.1, 0.15) is 0 Å². The van der Waals surface area contributed by atoms with Gasteiger partial charge in [-0.25, -0.2) is 13.1 Å². The molecule has 0 saturated heterocycles. The van der Waals surface area contributed by atoms with Crippen LogP contribution in [0.25, 0.3) is 0 Å². The van der Waals surface area contributed by atoms with Crippen LogP contribution >= 0.6 is 0 Å². The van der Waals surface area contributed by atoms with Gasteiger partial charge in [-0.05, 0) is 31.2 Å². The normalized spacial score (nSPS) is 11.1. The van der Waals surface area contributed by atoms with E-state index < -0.39 is 10.0 Å². The molecule has 0 aromatic heterocycles. The summed E-state index contributed by atoms with van der Waals surface area (Å²) < 4.78 is 26.2. The molecule has 0 saturated carbocycles. The van der Waals surface area contributed by atoms with E-state index in [9.17, 15) is 13.2 Å². The summed E-state index contributed by atoms with van der Waals surface area (Å²) in [5.41, 5.74) is 0.835. The van der Waals surface area contributed by atoms with Gasteiger partial charge >= 0.3 is 0 Å². The zero-order valence-electron chi connectivity index (χ0n) is 11.1. The van der Waals surface area contributed by atoms with Crippen LogP contribution in [0.2, 0.25) is 0 Å². The number of carbonyl (C=O) groups excluding carboxylic acids is 1. The number of hydrogen-bond donors (Lipinski definition) is 3. The van der Waals surface area contributed by atoms with Gasteiger partial charge in [0.15, 0.2) is 0 Å². The molecule has 3 N–H and O–H groups in total. The smallest absolute Gasteiger partial charge is 0.240 e. The average Bonchev–Trinajstić information content (AvgIpc) is 2.39. The summed E-state index contributed by atoms with van der Waals surface area (Å²) in [6, 6.07) is 6.39. The van der Waals surface area contributed by atoms with E-state index >= 15 is 0 Å². The Hall–Kier alpha value is -1.60. The monoisotopic (exact) mass is 285 g/mol. The van der Waals surface area contributed by atoms with Crippen molar-refractivity contribution in [2.24, 2.45) is 0 Å². The van der Waals surface area contributed by atoms with E-state index in [1.807, 2.05) is 6.92 Å². The second-order valence-corrected chi connectivity index (χ2v) is 5.64. The third-order valence-corrected chi connectivity index (χ3v) is 3.95. The Balaban J connectivity index is 2.57. The molecule has 0 bridgehead atoms. The van der Waals surface area contributed by atoms with Crippen molar-refractivity contribution < 1.29 is 13.2 Å². The Labute approximate surface area is 113 Å². The number of amides is 1. The van der Waals surface area contributed by atoms with Crippen LogP contribution in [0.5, 0.6) is 0 Å². The van der Waals surface area contributed by atoms with Crippen LogP contribution < -0.4 is 15.4 Å². The van der Waals surface area contributed by atoms with E-state index in [0.29, 0.717) is 6.54 Å². The van der Waals surface area contributed by atoms with Gasteiger partial charge in [-0.15, -0.1) is 0 Å². The molecule has 0 spiro atoms. The van der Waals surface area contributed by atoms with Gasteiger partial charge in [0.05, 0.1) is 4.90 Å². The quantitative estimate of drug-likeness (QED) is 0.682. The zero-order valence-corrected chi connectivity index (χ0v) is 11.9. The van der Waals surface area contributed by atoms with Crippen molar-refractivity contribution in [3.63, 3.8) is 0 Å². The first-order valence-electron chi connectivity index (χ1n) is 6.03. The number of benzene rings is 1. The Bertz CT molecular complexity index is 512. The first-order chi connectivity index (χ1) is 8.99. The fourth-order valence-electron chi connectivity index (χ4n) is 1.47. The second kappa shape index (κ2) is 7.10. The number of anilines is 1. The Morgan fingerprint density at radius 2 is 1.84 bits per heavy atom. The molecule has 1 rings (SSSR count). The minimum atomic E-state index is -3.55. The number of carbonyl (C=O) groups is 1. The molecule has 0 heterocycles. The molecule has 1 aromatic carbocycles. The first kappa shape index (κ1) is 15.5. The van der Waals surface area contributed by atoms with E-state index in [-0.39, 0.29) is 23.8 Å². The van der Waals surface area contributed by atoms with Crippen LogP contribution in [-0.4, -0.2) is 34.5 Å². The van der Waals surface area contributed by atoms with Crippen LogP contribution in [0, 0.1) is 0 Å². The third kappa shape index (κ3) is 4.88. The molecule has 0 aliphatic carbocycles. The lowest BCUT2D eigenvalue weighted by atomic mass is 10.3. The highest BCUT2D eigenvalue weighted by molar-refractivity contribution is 7.89. The molecule has 7 heteroatoms. The summed E-state index contributed by atoms with van der Waals surface area (Å²) in [7, 11) is -1.80. The summed E-state index contributed by atoms with van der Waals surface area (Å²) in [6.07, 6.45) is 0.127. The van der Waals surface area contributed by atoms with Crippen LogP contribution in [0.1, 0.15) is 13.3 Å². The average molecular weight is 285 g/mol. The summed E-state index contributed by atoms with van der Waals surface area (Å²) in [5, 5.41) is 5.51. The lowest BCUT2D eigenvalue weighted by molar-refractivity contribution is -0.120. The number of rotatable bonds is 7. The SMILES string of the molecule is CCNC(=O)CCNS(=O)(=O)c1ccc(NC)cc1. The lowest BCUT2D eigenvalue weighted by Crippen LogP contribution is -2.30. The zero-order chi connectivity index (χ0) is 14.3. The molecule has 0 atom stereocenters. The van der Waals surface area contributed by atoms with Crippen molar-refractivity contribution in [3.8, 4) is 0 Å². The summed E-state index contributed by atoms with van der Waals surface area (Å²) in [4.78, 5) is 11.4. The van der Waals surface area contributed by atoms with Gasteiger partial charge in [0.2, 0.25) is 15.9 Å². The number of sulfonamides is 1. The predicted molar refractivity (Wildman–Crippen MR) is 74.5 cm³/mol. The van der Waals surface area contributed by atoms with Crippen molar-refractivity contribution >= 4 is 21.6 Å². The first-order valence-corrected chi connectivity index (χ1v) is 7.52. The topological polar surface area (TPSA) is 87.3 Å².